The summed E-state index contributed by atoms with van der Waals surface area (Å²) in [4.78, 5) is 22.7. The molecule has 4 rings (SSSR count). The number of carboxylic acid groups (broad SMARTS) is 1. The third-order valence-corrected chi connectivity index (χ3v) is 6.96. The lowest BCUT2D eigenvalue weighted by atomic mass is 10.0. The van der Waals surface area contributed by atoms with Crippen LogP contribution in [0.3, 0.4) is 0 Å². The van der Waals surface area contributed by atoms with Crippen molar-refractivity contribution in [2.24, 2.45) is 5.73 Å². The fourth-order valence-corrected chi connectivity index (χ4v) is 5.19. The summed E-state index contributed by atoms with van der Waals surface area (Å²) in [7, 11) is 0. The number of hydrogen-bond acceptors (Lipinski definition) is 4. The monoisotopic (exact) mass is 566 g/mol. The van der Waals surface area contributed by atoms with Gasteiger partial charge in [0.25, 0.3) is 0 Å². The predicted molar refractivity (Wildman–Crippen MR) is 168 cm³/mol. The third kappa shape index (κ3) is 8.13. The molecule has 7 heteroatoms. The Morgan fingerprint density at radius 1 is 0.929 bits per heavy atom. The van der Waals surface area contributed by atoms with Crippen molar-refractivity contribution in [3.05, 3.63) is 106 Å². The third-order valence-electron chi connectivity index (χ3n) is 6.96. The van der Waals surface area contributed by atoms with Crippen LogP contribution in [0.4, 0.5) is 0 Å². The van der Waals surface area contributed by atoms with Crippen molar-refractivity contribution in [2.45, 2.75) is 46.6 Å². The van der Waals surface area contributed by atoms with E-state index in [4.69, 9.17) is 15.2 Å². The van der Waals surface area contributed by atoms with Crippen LogP contribution in [0.2, 0.25) is 0 Å². The van der Waals surface area contributed by atoms with Crippen LogP contribution in [-0.4, -0.2) is 34.8 Å². The lowest BCUT2D eigenvalue weighted by molar-refractivity contribution is -0.137. The van der Waals surface area contributed by atoms with Crippen molar-refractivity contribution in [3.8, 4) is 11.5 Å². The largest absolute Gasteiger partial charge is 0.490 e. The molecule has 0 aliphatic heterocycles. The van der Waals surface area contributed by atoms with Gasteiger partial charge in [-0.2, -0.15) is 0 Å². The first kappa shape index (κ1) is 30.2. The van der Waals surface area contributed by atoms with Gasteiger partial charge < -0.3 is 24.9 Å². The van der Waals surface area contributed by atoms with Gasteiger partial charge in [-0.25, -0.2) is 0 Å². The van der Waals surface area contributed by atoms with Crippen molar-refractivity contribution < 1.29 is 24.2 Å². The molecule has 3 N–H and O–H groups in total. The van der Waals surface area contributed by atoms with E-state index in [0.717, 1.165) is 50.2 Å². The molecule has 4 aromatic rings. The van der Waals surface area contributed by atoms with E-state index >= 15 is 0 Å². The first-order valence-corrected chi connectivity index (χ1v) is 14.1. The topological polar surface area (TPSA) is 104 Å². The summed E-state index contributed by atoms with van der Waals surface area (Å²) in [6.07, 6.45) is 11.3. The number of fused-ring (bicyclic) bond motifs is 1. The maximum atomic E-state index is 11.5. The first-order chi connectivity index (χ1) is 20.2. The number of rotatable bonds is 14. The molecule has 0 aliphatic carbocycles. The fourth-order valence-electron chi connectivity index (χ4n) is 5.19. The average molecular weight is 567 g/mol. The highest BCUT2D eigenvalue weighted by molar-refractivity contribution is 5.94. The molecule has 1 aromatic heterocycles. The Morgan fingerprint density at radius 2 is 1.62 bits per heavy atom. The number of ether oxygens (including phenoxy) is 2. The van der Waals surface area contributed by atoms with E-state index < -0.39 is 5.97 Å². The number of benzene rings is 3. The standard InChI is InChI=1S/C35H38N2O5/c1-24-20-25(2)35(26(3)21-24)42-19-5-4-18-41-30-16-13-27(14-17-30)12-15-28-8-6-10-31-29(9-7-11-32(36)38)22-37(34(28)31)23-33(39)40/h4-6,8,10,12-17,20-22H,7,9,11,18-19,23H2,1-3H3,(H2,36,38)(H,39,40). The number of carbonyl (C=O) groups excluding carboxylic acids is 1. The second kappa shape index (κ2) is 14.2. The lowest BCUT2D eigenvalue weighted by Gasteiger charge is -2.11. The van der Waals surface area contributed by atoms with Gasteiger partial charge in [0.2, 0.25) is 5.91 Å². The lowest BCUT2D eigenvalue weighted by Crippen LogP contribution is -2.10. The maximum absolute atomic E-state index is 11.5. The van der Waals surface area contributed by atoms with E-state index in [2.05, 4.69) is 32.9 Å². The minimum absolute atomic E-state index is 0.144. The molecule has 0 radical (unpaired) electrons. The van der Waals surface area contributed by atoms with Crippen LogP contribution in [0.15, 0.2) is 72.9 Å². The number of aliphatic carboxylic acids is 1. The van der Waals surface area contributed by atoms with Gasteiger partial charge in [0, 0.05) is 18.0 Å². The van der Waals surface area contributed by atoms with Gasteiger partial charge in [-0.15, -0.1) is 0 Å². The van der Waals surface area contributed by atoms with Crippen LogP contribution >= 0.6 is 0 Å². The number of carboxylic acids is 1. The van der Waals surface area contributed by atoms with E-state index in [0.29, 0.717) is 32.5 Å². The quantitative estimate of drug-likeness (QED) is 0.131. The van der Waals surface area contributed by atoms with Crippen LogP contribution in [0, 0.1) is 20.8 Å². The van der Waals surface area contributed by atoms with Gasteiger partial charge >= 0.3 is 5.97 Å². The number of nitrogens with zero attached hydrogens (tertiary/aromatic N) is 1. The molecule has 3 aromatic carbocycles. The molecule has 1 heterocycles. The highest BCUT2D eigenvalue weighted by Gasteiger charge is 2.13. The van der Waals surface area contributed by atoms with Gasteiger partial charge in [0.05, 0.1) is 5.52 Å². The van der Waals surface area contributed by atoms with Crippen molar-refractivity contribution >= 4 is 34.9 Å². The highest BCUT2D eigenvalue weighted by Crippen LogP contribution is 2.28. The van der Waals surface area contributed by atoms with Crippen LogP contribution < -0.4 is 15.2 Å². The first-order valence-electron chi connectivity index (χ1n) is 14.1. The van der Waals surface area contributed by atoms with Crippen LogP contribution in [0.5, 0.6) is 11.5 Å². The maximum Gasteiger partial charge on any atom is 0.323 e. The number of aromatic nitrogens is 1. The molecular weight excluding hydrogens is 528 g/mol. The second-order valence-corrected chi connectivity index (χ2v) is 10.5. The summed E-state index contributed by atoms with van der Waals surface area (Å²) in [6.45, 7) is 6.98. The second-order valence-electron chi connectivity index (χ2n) is 10.5. The fraction of sp³-hybridized carbons (Fsp3) is 0.257. The molecule has 0 bridgehead atoms. The van der Waals surface area contributed by atoms with Crippen LogP contribution in [0.1, 0.15) is 46.2 Å². The Labute approximate surface area is 246 Å². The SMILES string of the molecule is Cc1cc(C)c(OCC=CCOc2ccc(C=Cc3cccc4c(CCCC(N)=O)cn(CC(=O)O)c34)cc2)c(C)c1. The molecule has 0 unspecified atom stereocenters. The number of amides is 1. The molecule has 7 nitrogen and oxygen atoms in total. The smallest absolute Gasteiger partial charge is 0.323 e. The zero-order valence-corrected chi connectivity index (χ0v) is 24.4. The predicted octanol–water partition coefficient (Wildman–Crippen LogP) is 6.64. The van der Waals surface area contributed by atoms with E-state index in [9.17, 15) is 14.7 Å². The van der Waals surface area contributed by atoms with E-state index in [1.54, 1.807) is 4.57 Å². The minimum atomic E-state index is -0.913. The Balaban J connectivity index is 1.37. The highest BCUT2D eigenvalue weighted by atomic mass is 16.5. The zero-order chi connectivity index (χ0) is 30.1. The Morgan fingerprint density at radius 3 is 2.29 bits per heavy atom. The average Bonchev–Trinajstić information content (AvgIpc) is 3.28. The van der Waals surface area contributed by atoms with E-state index in [-0.39, 0.29) is 12.5 Å². The van der Waals surface area contributed by atoms with Crippen LogP contribution in [0.25, 0.3) is 23.1 Å². The Bertz CT molecular complexity index is 1590. The molecule has 0 atom stereocenters. The van der Waals surface area contributed by atoms with Gasteiger partial charge in [0.15, 0.2) is 0 Å². The summed E-state index contributed by atoms with van der Waals surface area (Å²) in [5.41, 5.74) is 12.6. The zero-order valence-electron chi connectivity index (χ0n) is 24.4. The number of para-hydroxylation sites is 1. The molecule has 42 heavy (non-hydrogen) atoms. The van der Waals surface area contributed by atoms with Crippen molar-refractivity contribution in [3.63, 3.8) is 0 Å². The van der Waals surface area contributed by atoms with Gasteiger partial charge in [-0.05, 0) is 85.7 Å². The summed E-state index contributed by atoms with van der Waals surface area (Å²) in [5.74, 6) is 0.445. The summed E-state index contributed by atoms with van der Waals surface area (Å²) in [5, 5.41) is 10.4. The number of primary amides is 1. The van der Waals surface area contributed by atoms with Gasteiger partial charge in [0.1, 0.15) is 31.3 Å². The summed E-state index contributed by atoms with van der Waals surface area (Å²) in [6, 6.07) is 18.0. The van der Waals surface area contributed by atoms with Gasteiger partial charge in [-0.1, -0.05) is 60.2 Å². The molecular formula is C35H38N2O5. The number of hydrogen-bond donors (Lipinski definition) is 2. The Kier molecular flexibility index (Phi) is 10.2. The summed E-state index contributed by atoms with van der Waals surface area (Å²) >= 11 is 0. The normalized spacial score (nSPS) is 11.5. The molecule has 0 fully saturated rings. The number of nitrogens with two attached hydrogens (primary N) is 1. The molecule has 0 saturated heterocycles. The van der Waals surface area contributed by atoms with E-state index in [1.807, 2.05) is 73.0 Å². The minimum Gasteiger partial charge on any atom is -0.490 e. The molecule has 0 spiro atoms. The Hall–Kier alpha value is -4.78. The molecule has 218 valence electrons. The molecule has 0 aliphatic rings. The van der Waals surface area contributed by atoms with Crippen molar-refractivity contribution in [1.82, 2.24) is 4.57 Å². The number of aryl methyl sites for hydroxylation is 4. The summed E-state index contributed by atoms with van der Waals surface area (Å²) < 4.78 is 13.5. The molecule has 1 amide bonds. The van der Waals surface area contributed by atoms with Crippen LogP contribution in [-0.2, 0) is 22.6 Å². The van der Waals surface area contributed by atoms with Crippen molar-refractivity contribution in [1.29, 1.82) is 0 Å². The van der Waals surface area contributed by atoms with E-state index in [1.165, 1.54) is 5.56 Å². The van der Waals surface area contributed by atoms with Gasteiger partial charge in [-0.3, -0.25) is 9.59 Å². The molecule has 0 saturated carbocycles. The van der Waals surface area contributed by atoms with Crippen molar-refractivity contribution in [2.75, 3.05) is 13.2 Å². The number of carbonyl (C=O) groups is 2.